The van der Waals surface area contributed by atoms with E-state index >= 15 is 0 Å². The second-order valence-corrected chi connectivity index (χ2v) is 13.7. The van der Waals surface area contributed by atoms with Crippen LogP contribution in [-0.2, 0) is 35.2 Å². The number of nitrogens with one attached hydrogen (secondary N) is 5. The van der Waals surface area contributed by atoms with Crippen LogP contribution < -0.4 is 21.3 Å². The summed E-state index contributed by atoms with van der Waals surface area (Å²) in [6.45, 7) is 0.204. The molecule has 5 amide bonds. The van der Waals surface area contributed by atoms with Crippen LogP contribution in [0.1, 0.15) is 63.4 Å². The number of aromatic nitrogens is 1. The maximum atomic E-state index is 14.0. The highest BCUT2D eigenvalue weighted by atomic mass is 79.9. The van der Waals surface area contributed by atoms with E-state index in [1.165, 1.54) is 4.90 Å². The molecule has 3 heterocycles. The Bertz CT molecular complexity index is 1550. The number of halogens is 1. The van der Waals surface area contributed by atoms with Crippen molar-refractivity contribution >= 4 is 62.3 Å². The van der Waals surface area contributed by atoms with E-state index in [1.54, 1.807) is 0 Å². The minimum absolute atomic E-state index is 0.0125. The van der Waals surface area contributed by atoms with Gasteiger partial charge >= 0.3 is 5.97 Å². The third kappa shape index (κ3) is 6.76. The summed E-state index contributed by atoms with van der Waals surface area (Å²) in [5.74, 6) is -4.51. The molecule has 1 aromatic carbocycles. The first kappa shape index (κ1) is 32.0. The average molecular weight is 700 g/mol. The molecule has 13 nitrogen and oxygen atoms in total. The number of para-hydroxylation sites is 1. The molecule has 2 saturated heterocycles. The first-order chi connectivity index (χ1) is 22.1. The first-order valence-corrected chi connectivity index (χ1v) is 16.9. The van der Waals surface area contributed by atoms with Crippen molar-refractivity contribution in [3.8, 4) is 0 Å². The van der Waals surface area contributed by atoms with Gasteiger partial charge in [-0.2, -0.15) is 0 Å². The Morgan fingerprint density at radius 2 is 1.41 bits per heavy atom. The van der Waals surface area contributed by atoms with Gasteiger partial charge < -0.3 is 36.3 Å². The third-order valence-electron chi connectivity index (χ3n) is 9.76. The van der Waals surface area contributed by atoms with Gasteiger partial charge in [0, 0.05) is 23.9 Å². The Morgan fingerprint density at radius 1 is 0.783 bits per heavy atom. The van der Waals surface area contributed by atoms with Crippen LogP contribution in [-0.4, -0.2) is 87.2 Å². The van der Waals surface area contributed by atoms with Gasteiger partial charge in [0.25, 0.3) is 0 Å². The number of aromatic amines is 1. The fraction of sp³-hybridized carbons (Fsp3) is 0.562. The lowest BCUT2D eigenvalue weighted by Crippen LogP contribution is -2.59. The lowest BCUT2D eigenvalue weighted by Gasteiger charge is -2.31. The molecule has 6 rings (SSSR count). The topological polar surface area (TPSA) is 190 Å². The molecule has 0 bridgehead atoms. The fourth-order valence-corrected chi connectivity index (χ4v) is 7.79. The third-order valence-corrected chi connectivity index (χ3v) is 10.4. The SMILES string of the molecule is O=C(O)CC1NC(=O)C(Cc2c(Br)[nH]c3ccccc23)NC(=O)C(C2CC2)NC(=O)C(C2CCCC2)NC(=O)C2CCCN2C1=O. The number of hydrogen-bond donors (Lipinski definition) is 6. The van der Waals surface area contributed by atoms with Crippen molar-refractivity contribution in [1.29, 1.82) is 0 Å². The average Bonchev–Trinajstić information content (AvgIpc) is 3.38. The van der Waals surface area contributed by atoms with E-state index in [0.717, 1.165) is 49.4 Å². The highest BCUT2D eigenvalue weighted by Gasteiger charge is 2.45. The molecule has 2 aliphatic carbocycles. The second kappa shape index (κ2) is 13.4. The largest absolute Gasteiger partial charge is 0.481 e. The normalized spacial score (nSPS) is 28.6. The van der Waals surface area contributed by atoms with Crippen LogP contribution in [0.15, 0.2) is 28.9 Å². The van der Waals surface area contributed by atoms with Crippen molar-refractivity contribution in [2.45, 2.75) is 94.4 Å². The molecule has 0 radical (unpaired) electrons. The second-order valence-electron chi connectivity index (χ2n) is 12.9. The van der Waals surface area contributed by atoms with Crippen molar-refractivity contribution in [2.75, 3.05) is 6.54 Å². The lowest BCUT2D eigenvalue weighted by molar-refractivity contribution is -0.146. The van der Waals surface area contributed by atoms with Crippen LogP contribution in [0.2, 0.25) is 0 Å². The summed E-state index contributed by atoms with van der Waals surface area (Å²) >= 11 is 3.53. The van der Waals surface area contributed by atoms with E-state index in [2.05, 4.69) is 42.2 Å². The summed E-state index contributed by atoms with van der Waals surface area (Å²) in [5.41, 5.74) is 1.52. The summed E-state index contributed by atoms with van der Waals surface area (Å²) in [6, 6.07) is 2.05. The number of carbonyl (C=O) groups excluding carboxylic acids is 5. The quantitative estimate of drug-likeness (QED) is 0.263. The number of carboxylic acid groups (broad SMARTS) is 1. The number of rotatable bonds is 6. The van der Waals surface area contributed by atoms with Crippen LogP contribution >= 0.6 is 15.9 Å². The number of benzene rings is 1. The van der Waals surface area contributed by atoms with Crippen LogP contribution in [0.4, 0.5) is 0 Å². The zero-order chi connectivity index (χ0) is 32.5. The number of nitrogens with zero attached hydrogens (tertiary/aromatic N) is 1. The van der Waals surface area contributed by atoms with Gasteiger partial charge in [-0.25, -0.2) is 0 Å². The van der Waals surface area contributed by atoms with E-state index in [1.807, 2.05) is 24.3 Å². The van der Waals surface area contributed by atoms with Crippen LogP contribution in [0.3, 0.4) is 0 Å². The number of H-pyrrole nitrogens is 1. The predicted molar refractivity (Wildman–Crippen MR) is 169 cm³/mol. The maximum Gasteiger partial charge on any atom is 0.305 e. The molecule has 4 fully saturated rings. The van der Waals surface area contributed by atoms with Gasteiger partial charge in [-0.05, 0) is 77.9 Å². The fourth-order valence-electron chi connectivity index (χ4n) is 7.20. The zero-order valence-corrected chi connectivity index (χ0v) is 26.9. The number of fused-ring (bicyclic) bond motifs is 2. The molecule has 46 heavy (non-hydrogen) atoms. The highest BCUT2D eigenvalue weighted by Crippen LogP contribution is 2.34. The summed E-state index contributed by atoms with van der Waals surface area (Å²) in [4.78, 5) is 85.7. The van der Waals surface area contributed by atoms with Crippen molar-refractivity contribution in [2.24, 2.45) is 11.8 Å². The predicted octanol–water partition coefficient (Wildman–Crippen LogP) is 1.49. The molecule has 14 heteroatoms. The number of aliphatic carboxylic acids is 1. The van der Waals surface area contributed by atoms with Crippen molar-refractivity contribution in [3.05, 3.63) is 34.4 Å². The van der Waals surface area contributed by atoms with Gasteiger partial charge in [-0.15, -0.1) is 0 Å². The van der Waals surface area contributed by atoms with E-state index in [0.29, 0.717) is 23.0 Å². The molecular formula is C32H39BrN6O7. The van der Waals surface area contributed by atoms with Gasteiger partial charge in [-0.3, -0.25) is 28.8 Å². The minimum Gasteiger partial charge on any atom is -0.481 e. The number of carboxylic acids is 1. The Morgan fingerprint density at radius 3 is 2.11 bits per heavy atom. The molecule has 6 N–H and O–H groups in total. The maximum absolute atomic E-state index is 14.0. The molecule has 246 valence electrons. The van der Waals surface area contributed by atoms with E-state index in [4.69, 9.17) is 0 Å². The molecule has 0 spiro atoms. The summed E-state index contributed by atoms with van der Waals surface area (Å²) in [7, 11) is 0. The summed E-state index contributed by atoms with van der Waals surface area (Å²) in [5, 5.41) is 21.8. The molecule has 5 atom stereocenters. The standard InChI is InChI=1S/C32H39BrN6O7/c33-27-19(18-8-3-4-9-20(18)34-27)14-21-28(42)36-22(15-24(40)41)32(46)39-13-5-10-23(39)29(43)37-25(16-6-1-2-7-16)31(45)38-26(17-11-12-17)30(44)35-21/h3-4,8-9,16-17,21-23,25-26,34H,1-2,5-7,10-15H2,(H,35,44)(H,36,42)(H,37,43)(H,38,45)(H,40,41). The van der Waals surface area contributed by atoms with Gasteiger partial charge in [-0.1, -0.05) is 31.0 Å². The molecule has 4 aliphatic rings. The lowest BCUT2D eigenvalue weighted by atomic mass is 9.96. The first-order valence-electron chi connectivity index (χ1n) is 16.1. The molecule has 2 aliphatic heterocycles. The molecular weight excluding hydrogens is 660 g/mol. The number of hydrogen-bond acceptors (Lipinski definition) is 6. The molecule has 2 saturated carbocycles. The number of carbonyl (C=O) groups is 6. The molecule has 1 aromatic heterocycles. The van der Waals surface area contributed by atoms with Crippen molar-refractivity contribution in [1.82, 2.24) is 31.2 Å². The minimum atomic E-state index is -1.47. The summed E-state index contributed by atoms with van der Waals surface area (Å²) in [6.07, 6.45) is 4.91. The van der Waals surface area contributed by atoms with E-state index < -0.39 is 72.1 Å². The molecule has 2 aromatic rings. The Balaban J connectivity index is 1.38. The number of amides is 5. The Labute approximate surface area is 274 Å². The summed E-state index contributed by atoms with van der Waals surface area (Å²) < 4.78 is 0.612. The smallest absolute Gasteiger partial charge is 0.305 e. The van der Waals surface area contributed by atoms with Crippen molar-refractivity contribution in [3.63, 3.8) is 0 Å². The van der Waals surface area contributed by atoms with Gasteiger partial charge in [0.05, 0.1) is 11.0 Å². The van der Waals surface area contributed by atoms with Gasteiger partial charge in [0.1, 0.15) is 30.2 Å². The van der Waals surface area contributed by atoms with E-state index in [-0.39, 0.29) is 24.8 Å². The molecule has 5 unspecified atom stereocenters. The van der Waals surface area contributed by atoms with Crippen molar-refractivity contribution < 1.29 is 33.9 Å². The van der Waals surface area contributed by atoms with Crippen LogP contribution in [0.5, 0.6) is 0 Å². The zero-order valence-electron chi connectivity index (χ0n) is 25.4. The Hall–Kier alpha value is -3.94. The van der Waals surface area contributed by atoms with E-state index in [9.17, 15) is 33.9 Å². The monoisotopic (exact) mass is 698 g/mol. The van der Waals surface area contributed by atoms with Gasteiger partial charge in [0.15, 0.2) is 0 Å². The highest BCUT2D eigenvalue weighted by molar-refractivity contribution is 9.10. The van der Waals surface area contributed by atoms with Crippen LogP contribution in [0, 0.1) is 11.8 Å². The Kier molecular flexibility index (Phi) is 9.34. The van der Waals surface area contributed by atoms with Gasteiger partial charge in [0.2, 0.25) is 29.5 Å². The van der Waals surface area contributed by atoms with Crippen LogP contribution in [0.25, 0.3) is 10.9 Å².